The van der Waals surface area contributed by atoms with E-state index in [1.807, 2.05) is 0 Å². The number of hydrogen-bond acceptors (Lipinski definition) is 0. The fourth-order valence-electron chi connectivity index (χ4n) is 1.55. The molecule has 0 aromatic heterocycles. The molecule has 0 bridgehead atoms. The van der Waals surface area contributed by atoms with E-state index < -0.39 is 20.4 Å². The Morgan fingerprint density at radius 3 is 1.64 bits per heavy atom. The second-order valence-corrected chi connectivity index (χ2v) is 12.8. The van der Waals surface area contributed by atoms with E-state index in [0.29, 0.717) is 0 Å². The summed E-state index contributed by atoms with van der Waals surface area (Å²) in [5, 5.41) is 0. The van der Waals surface area contributed by atoms with Crippen molar-refractivity contribution in [1.82, 2.24) is 0 Å². The summed E-state index contributed by atoms with van der Waals surface area (Å²) >= 11 is -1.25. The average Bonchev–Trinajstić information content (AvgIpc) is 2.77. The van der Waals surface area contributed by atoms with Crippen LogP contribution in [-0.2, 0) is 20.4 Å². The molecule has 0 radical (unpaired) electrons. The predicted molar refractivity (Wildman–Crippen MR) is 52.2 cm³/mol. The first-order chi connectivity index (χ1) is 5.88. The van der Waals surface area contributed by atoms with Gasteiger partial charge in [0.05, 0.1) is 0 Å². The molecule has 0 aliphatic heterocycles. The van der Waals surface area contributed by atoms with E-state index in [9.17, 15) is 0 Å². The van der Waals surface area contributed by atoms with Crippen LogP contribution in [0.25, 0.3) is 0 Å². The molecule has 0 unspecified atom stereocenters. The fourth-order valence-corrected chi connectivity index (χ4v) is 8.92. The third-order valence-corrected chi connectivity index (χ3v) is 13.3. The topological polar surface area (TPSA) is 0 Å². The Balaban J connectivity index is 0.000000845. The van der Waals surface area contributed by atoms with Crippen molar-refractivity contribution in [2.45, 2.75) is 12.8 Å². The first-order valence-electron chi connectivity index (χ1n) is 4.29. The molecule has 0 nitrogen and oxygen atoms in total. The molecule has 2 rings (SSSR count). The Kier molecular flexibility index (Phi) is 7.32. The number of hydrogen-bond donors (Lipinski definition) is 0. The van der Waals surface area contributed by atoms with E-state index in [2.05, 4.69) is 43.3 Å². The molecule has 0 saturated heterocycles. The molecule has 14 heavy (non-hydrogen) atoms. The van der Waals surface area contributed by atoms with Gasteiger partial charge in [0.1, 0.15) is 0 Å². The summed E-state index contributed by atoms with van der Waals surface area (Å²) in [6, 6.07) is 0. The van der Waals surface area contributed by atoms with Crippen molar-refractivity contribution in [3.63, 3.8) is 0 Å². The van der Waals surface area contributed by atoms with Gasteiger partial charge in [0.2, 0.25) is 0 Å². The Morgan fingerprint density at radius 2 is 1.36 bits per heavy atom. The molecular weight excluding hydrogens is 310 g/mol. The minimum absolute atomic E-state index is 0. The number of rotatable bonds is 2. The quantitative estimate of drug-likeness (QED) is 0.453. The second-order valence-electron chi connectivity index (χ2n) is 3.13. The van der Waals surface area contributed by atoms with Crippen molar-refractivity contribution < 1.29 is 45.2 Å². The Bertz CT molecular complexity index is 308. The molecule has 0 spiro atoms. The molecule has 4 heteroatoms. The van der Waals surface area contributed by atoms with Gasteiger partial charge in [-0.2, -0.15) is 0 Å². The maximum atomic E-state index is 2.35. The number of allylic oxidation sites excluding steroid dienone is 8. The summed E-state index contributed by atoms with van der Waals surface area (Å²) in [5.41, 5.74) is 0. The summed E-state index contributed by atoms with van der Waals surface area (Å²) in [7, 11) is 0. The molecule has 0 N–H and O–H groups in total. The van der Waals surface area contributed by atoms with Gasteiger partial charge in [0, 0.05) is 0 Å². The van der Waals surface area contributed by atoms with Crippen molar-refractivity contribution in [1.29, 1.82) is 0 Å². The first-order valence-corrected chi connectivity index (χ1v) is 12.7. The van der Waals surface area contributed by atoms with Gasteiger partial charge in [-0.1, -0.05) is 0 Å². The van der Waals surface area contributed by atoms with Gasteiger partial charge in [-0.3, -0.25) is 0 Å². The predicted octanol–water partition coefficient (Wildman–Crippen LogP) is -4.15. The molecule has 0 aromatic carbocycles. The molecule has 0 amide bonds. The molecule has 74 valence electrons. The molecule has 2 aliphatic rings. The van der Waals surface area contributed by atoms with E-state index in [0.717, 1.165) is 0 Å². The van der Waals surface area contributed by atoms with Crippen LogP contribution in [0.2, 0.25) is 0 Å². The average molecular weight is 322 g/mol. The van der Waals surface area contributed by atoms with Crippen LogP contribution in [0.1, 0.15) is 12.8 Å². The van der Waals surface area contributed by atoms with Crippen LogP contribution in [0.4, 0.5) is 0 Å². The molecule has 0 fully saturated rings. The SMILES string of the molecule is [Cl-].[Cl-].[SiH2]=[Zr+2]([C]1=CC=CC1)[C]1=CC=CC1. The first kappa shape index (κ1) is 14.6. The van der Waals surface area contributed by atoms with Gasteiger partial charge < -0.3 is 24.8 Å². The van der Waals surface area contributed by atoms with Gasteiger partial charge in [-0.25, -0.2) is 0 Å². The zero-order chi connectivity index (χ0) is 8.39. The molecule has 0 heterocycles. The van der Waals surface area contributed by atoms with Crippen LogP contribution in [0, 0.1) is 0 Å². The van der Waals surface area contributed by atoms with Crippen LogP contribution in [0.5, 0.6) is 0 Å². The fraction of sp³-hybridized carbons (Fsp3) is 0.200. The monoisotopic (exact) mass is 320 g/mol. The molecular formula is C10H12Cl2SiZr. The van der Waals surface area contributed by atoms with E-state index in [1.165, 1.54) is 12.8 Å². The van der Waals surface area contributed by atoms with Crippen molar-refractivity contribution in [2.75, 3.05) is 0 Å². The van der Waals surface area contributed by atoms with Gasteiger partial charge in [-0.15, -0.1) is 0 Å². The van der Waals surface area contributed by atoms with Crippen LogP contribution < -0.4 is 24.8 Å². The van der Waals surface area contributed by atoms with E-state index in [-0.39, 0.29) is 24.8 Å². The molecule has 2 aliphatic carbocycles. The van der Waals surface area contributed by atoms with Crippen LogP contribution in [-0.4, -0.2) is 6.88 Å². The zero-order valence-corrected chi connectivity index (χ0v) is 13.2. The number of halogens is 2. The summed E-state index contributed by atoms with van der Waals surface area (Å²) in [4.78, 5) is 0. The normalized spacial score (nSPS) is 16.2. The van der Waals surface area contributed by atoms with Crippen molar-refractivity contribution in [3.05, 3.63) is 43.0 Å². The van der Waals surface area contributed by atoms with Crippen LogP contribution in [0.15, 0.2) is 43.0 Å². The van der Waals surface area contributed by atoms with E-state index in [4.69, 9.17) is 0 Å². The third-order valence-electron chi connectivity index (χ3n) is 2.32. The molecule has 0 atom stereocenters. The van der Waals surface area contributed by atoms with Crippen LogP contribution >= 0.6 is 0 Å². The second kappa shape index (κ2) is 7.00. The summed E-state index contributed by atoms with van der Waals surface area (Å²) in [6.45, 7) is 2.29. The maximum absolute atomic E-state index is 2.35. The molecule has 0 aromatic rings. The Hall–Kier alpha value is 0.640. The van der Waals surface area contributed by atoms with Crippen molar-refractivity contribution in [2.24, 2.45) is 0 Å². The standard InChI is InChI=1S/2C5H5.2ClH.H2Si.Zr/c2*1-2-4-5-3-1;;;;/h2*1-3H,4H2;2*1H;1H2;/q;;;;;+2/p-2. The van der Waals surface area contributed by atoms with Crippen molar-refractivity contribution in [3.8, 4) is 0 Å². The Morgan fingerprint density at radius 1 is 0.929 bits per heavy atom. The van der Waals surface area contributed by atoms with Crippen molar-refractivity contribution >= 4 is 6.88 Å². The van der Waals surface area contributed by atoms with E-state index >= 15 is 0 Å². The summed E-state index contributed by atoms with van der Waals surface area (Å²) in [5.74, 6) is 0. The van der Waals surface area contributed by atoms with Gasteiger partial charge in [0.15, 0.2) is 0 Å². The van der Waals surface area contributed by atoms with Gasteiger partial charge in [0.25, 0.3) is 0 Å². The van der Waals surface area contributed by atoms with Gasteiger partial charge >= 0.3 is 83.1 Å². The summed E-state index contributed by atoms with van der Waals surface area (Å²) < 4.78 is 3.54. The molecule has 0 saturated carbocycles. The summed E-state index contributed by atoms with van der Waals surface area (Å²) in [6.07, 6.45) is 16.2. The minimum atomic E-state index is -1.25. The third kappa shape index (κ3) is 3.34. The van der Waals surface area contributed by atoms with Gasteiger partial charge in [-0.05, 0) is 0 Å². The Labute approximate surface area is 107 Å². The van der Waals surface area contributed by atoms with Crippen LogP contribution in [0.3, 0.4) is 0 Å². The zero-order valence-electron chi connectivity index (χ0n) is 7.84. The van der Waals surface area contributed by atoms with E-state index in [1.54, 1.807) is 6.56 Å².